The largest absolute Gasteiger partial charge is 0.395 e. The summed E-state index contributed by atoms with van der Waals surface area (Å²) in [5.74, 6) is 0. The molecular formula is C13H20BrNOS. The van der Waals surface area contributed by atoms with E-state index in [1.54, 1.807) is 11.8 Å². The predicted molar refractivity (Wildman–Crippen MR) is 78.6 cm³/mol. The molecule has 17 heavy (non-hydrogen) atoms. The van der Waals surface area contributed by atoms with Gasteiger partial charge in [0.15, 0.2) is 0 Å². The summed E-state index contributed by atoms with van der Waals surface area (Å²) in [6.07, 6.45) is 0. The molecule has 0 aliphatic carbocycles. The molecule has 2 N–H and O–H groups in total. The normalized spacial score (nSPS) is 14.6. The van der Waals surface area contributed by atoms with Crippen LogP contribution in [0.5, 0.6) is 0 Å². The van der Waals surface area contributed by atoms with E-state index in [1.807, 2.05) is 6.92 Å². The van der Waals surface area contributed by atoms with E-state index in [0.29, 0.717) is 6.04 Å². The van der Waals surface area contributed by atoms with Crippen molar-refractivity contribution in [3.8, 4) is 0 Å². The first kappa shape index (κ1) is 15.0. The third-order valence-corrected chi connectivity index (χ3v) is 4.20. The minimum Gasteiger partial charge on any atom is -0.395 e. The van der Waals surface area contributed by atoms with E-state index in [9.17, 15) is 0 Å². The van der Waals surface area contributed by atoms with Crippen molar-refractivity contribution >= 4 is 27.7 Å². The summed E-state index contributed by atoms with van der Waals surface area (Å²) in [5, 5.41) is 12.8. The first-order valence-corrected chi connectivity index (χ1v) is 7.56. The molecule has 2 unspecified atom stereocenters. The van der Waals surface area contributed by atoms with Crippen molar-refractivity contribution in [3.05, 3.63) is 28.2 Å². The molecule has 0 saturated heterocycles. The van der Waals surface area contributed by atoms with Gasteiger partial charge in [-0.3, -0.25) is 0 Å². The molecule has 2 nitrogen and oxygen atoms in total. The topological polar surface area (TPSA) is 32.3 Å². The molecule has 0 aromatic heterocycles. The number of nitrogens with one attached hydrogen (secondary N) is 1. The highest BCUT2D eigenvalue weighted by Gasteiger charge is 2.13. The SMILES string of the molecule is CCNC(C)c1cc(Br)ccc1SC(C)CO. The van der Waals surface area contributed by atoms with Crippen molar-refractivity contribution in [3.63, 3.8) is 0 Å². The fraction of sp³-hybridized carbons (Fsp3) is 0.538. The Bertz CT molecular complexity index is 359. The fourth-order valence-corrected chi connectivity index (χ4v) is 3.04. The lowest BCUT2D eigenvalue weighted by molar-refractivity contribution is 0.300. The smallest absolute Gasteiger partial charge is 0.0550 e. The van der Waals surface area contributed by atoms with E-state index in [0.717, 1.165) is 11.0 Å². The van der Waals surface area contributed by atoms with Gasteiger partial charge in [-0.1, -0.05) is 29.8 Å². The average molecular weight is 318 g/mol. The first-order valence-electron chi connectivity index (χ1n) is 5.88. The molecule has 96 valence electrons. The molecule has 0 radical (unpaired) electrons. The Kier molecular flexibility index (Phi) is 6.55. The number of benzene rings is 1. The average Bonchev–Trinajstić information content (AvgIpc) is 2.31. The maximum Gasteiger partial charge on any atom is 0.0550 e. The molecule has 0 aliphatic rings. The van der Waals surface area contributed by atoms with Gasteiger partial charge < -0.3 is 10.4 Å². The quantitative estimate of drug-likeness (QED) is 0.786. The van der Waals surface area contributed by atoms with Gasteiger partial charge in [-0.05, 0) is 37.2 Å². The van der Waals surface area contributed by atoms with E-state index in [2.05, 4.69) is 53.3 Å². The molecule has 0 spiro atoms. The predicted octanol–water partition coefficient (Wildman–Crippen LogP) is 3.59. The number of aliphatic hydroxyl groups excluding tert-OH is 1. The lowest BCUT2D eigenvalue weighted by atomic mass is 10.1. The molecular weight excluding hydrogens is 298 g/mol. The summed E-state index contributed by atoms with van der Waals surface area (Å²) < 4.78 is 1.10. The van der Waals surface area contributed by atoms with Gasteiger partial charge in [0.25, 0.3) is 0 Å². The van der Waals surface area contributed by atoms with Gasteiger partial charge in [0.05, 0.1) is 6.61 Å². The summed E-state index contributed by atoms with van der Waals surface area (Å²) in [6.45, 7) is 7.47. The molecule has 2 atom stereocenters. The standard InChI is InChI=1S/C13H20BrNOS/c1-4-15-10(3)12-7-11(14)5-6-13(12)17-9(2)8-16/h5-7,9-10,15-16H,4,8H2,1-3H3. The third kappa shape index (κ3) is 4.62. The van der Waals surface area contributed by atoms with E-state index in [1.165, 1.54) is 10.5 Å². The van der Waals surface area contributed by atoms with E-state index < -0.39 is 0 Å². The van der Waals surface area contributed by atoms with Crippen LogP contribution in [0.4, 0.5) is 0 Å². The van der Waals surface area contributed by atoms with Gasteiger partial charge >= 0.3 is 0 Å². The Labute approximate surface area is 116 Å². The number of thioether (sulfide) groups is 1. The van der Waals surface area contributed by atoms with Crippen LogP contribution in [0, 0.1) is 0 Å². The summed E-state index contributed by atoms with van der Waals surface area (Å²) in [4.78, 5) is 1.24. The number of halogens is 1. The van der Waals surface area contributed by atoms with Crippen molar-refractivity contribution in [2.75, 3.05) is 13.2 Å². The Morgan fingerprint density at radius 2 is 2.12 bits per heavy atom. The van der Waals surface area contributed by atoms with Gasteiger partial charge in [0.2, 0.25) is 0 Å². The zero-order valence-electron chi connectivity index (χ0n) is 10.5. The Morgan fingerprint density at radius 3 is 2.71 bits per heavy atom. The lowest BCUT2D eigenvalue weighted by Crippen LogP contribution is -2.18. The van der Waals surface area contributed by atoms with Crippen molar-refractivity contribution in [2.24, 2.45) is 0 Å². The number of hydrogen-bond acceptors (Lipinski definition) is 3. The molecule has 0 saturated carbocycles. The molecule has 1 rings (SSSR count). The Balaban J connectivity index is 2.94. The van der Waals surface area contributed by atoms with Gasteiger partial charge in [0, 0.05) is 20.7 Å². The molecule has 0 aliphatic heterocycles. The van der Waals surface area contributed by atoms with Gasteiger partial charge in [-0.15, -0.1) is 11.8 Å². The number of rotatable bonds is 6. The fourth-order valence-electron chi connectivity index (χ4n) is 1.64. The highest BCUT2D eigenvalue weighted by atomic mass is 79.9. The van der Waals surface area contributed by atoms with E-state index in [-0.39, 0.29) is 11.9 Å². The zero-order chi connectivity index (χ0) is 12.8. The van der Waals surface area contributed by atoms with E-state index >= 15 is 0 Å². The summed E-state index contributed by atoms with van der Waals surface area (Å²) in [7, 11) is 0. The molecule has 4 heteroatoms. The molecule has 0 heterocycles. The van der Waals surface area contributed by atoms with Crippen LogP contribution in [-0.2, 0) is 0 Å². The number of aliphatic hydroxyl groups is 1. The van der Waals surface area contributed by atoms with Crippen LogP contribution in [0.25, 0.3) is 0 Å². The second-order valence-corrected chi connectivity index (χ2v) is 6.47. The van der Waals surface area contributed by atoms with E-state index in [4.69, 9.17) is 5.11 Å². The highest BCUT2D eigenvalue weighted by Crippen LogP contribution is 2.32. The molecule has 0 bridgehead atoms. The van der Waals surface area contributed by atoms with Gasteiger partial charge in [-0.25, -0.2) is 0 Å². The minimum atomic E-state index is 0.204. The molecule has 0 amide bonds. The molecule has 1 aromatic carbocycles. The van der Waals surface area contributed by atoms with Crippen LogP contribution in [0.15, 0.2) is 27.6 Å². The van der Waals surface area contributed by atoms with Crippen molar-refractivity contribution < 1.29 is 5.11 Å². The van der Waals surface area contributed by atoms with Crippen LogP contribution >= 0.6 is 27.7 Å². The Hall–Kier alpha value is -0.0300. The molecule has 1 aromatic rings. The number of hydrogen-bond donors (Lipinski definition) is 2. The first-order chi connectivity index (χ1) is 8.08. The third-order valence-electron chi connectivity index (χ3n) is 2.53. The van der Waals surface area contributed by atoms with Gasteiger partial charge in [0.1, 0.15) is 0 Å². The monoisotopic (exact) mass is 317 g/mol. The zero-order valence-corrected chi connectivity index (χ0v) is 12.9. The second-order valence-electron chi connectivity index (χ2n) is 4.07. The minimum absolute atomic E-state index is 0.204. The second kappa shape index (κ2) is 7.41. The lowest BCUT2D eigenvalue weighted by Gasteiger charge is -2.19. The van der Waals surface area contributed by atoms with Crippen molar-refractivity contribution in [1.82, 2.24) is 5.32 Å². The van der Waals surface area contributed by atoms with Crippen LogP contribution < -0.4 is 5.32 Å². The Morgan fingerprint density at radius 1 is 1.41 bits per heavy atom. The summed E-state index contributed by atoms with van der Waals surface area (Å²) in [6, 6.07) is 6.64. The maximum absolute atomic E-state index is 9.14. The van der Waals surface area contributed by atoms with Crippen molar-refractivity contribution in [1.29, 1.82) is 0 Å². The summed E-state index contributed by atoms with van der Waals surface area (Å²) in [5.41, 5.74) is 1.28. The summed E-state index contributed by atoms with van der Waals surface area (Å²) >= 11 is 5.23. The van der Waals surface area contributed by atoms with Crippen molar-refractivity contribution in [2.45, 2.75) is 37.0 Å². The maximum atomic E-state index is 9.14. The van der Waals surface area contributed by atoms with Gasteiger partial charge in [-0.2, -0.15) is 0 Å². The van der Waals surface area contributed by atoms with Crippen LogP contribution in [0.1, 0.15) is 32.4 Å². The highest BCUT2D eigenvalue weighted by molar-refractivity contribution is 9.10. The van der Waals surface area contributed by atoms with Crippen LogP contribution in [0.3, 0.4) is 0 Å². The van der Waals surface area contributed by atoms with Crippen LogP contribution in [-0.4, -0.2) is 23.5 Å². The van der Waals surface area contributed by atoms with Crippen LogP contribution in [0.2, 0.25) is 0 Å². The molecule has 0 fully saturated rings.